The first-order valence-corrected chi connectivity index (χ1v) is 23.0. The number of rotatable bonds is 9. The van der Waals surface area contributed by atoms with E-state index in [1.165, 1.54) is 83.4 Å². The van der Waals surface area contributed by atoms with Gasteiger partial charge in [0.1, 0.15) is 0 Å². The highest BCUT2D eigenvalue weighted by atomic mass is 15.2. The lowest BCUT2D eigenvalue weighted by Crippen LogP contribution is -2.19. The summed E-state index contributed by atoms with van der Waals surface area (Å²) in [5.41, 5.74) is 20.5. The average molecular weight is 837 g/mol. The molecule has 0 radical (unpaired) electrons. The molecule has 11 rings (SSSR count). The first-order valence-electron chi connectivity index (χ1n) is 23.0. The van der Waals surface area contributed by atoms with Crippen LogP contribution in [-0.2, 0) is 5.41 Å². The first kappa shape index (κ1) is 40.1. The van der Waals surface area contributed by atoms with E-state index in [0.717, 1.165) is 29.2 Å². The maximum atomic E-state index is 2.45. The minimum absolute atomic E-state index is 0.234. The number of benzene rings is 9. The Kier molecular flexibility index (Phi) is 10.2. The van der Waals surface area contributed by atoms with Gasteiger partial charge in [-0.05, 0) is 164 Å². The first-order chi connectivity index (χ1) is 31.8. The third-order valence-electron chi connectivity index (χ3n) is 13.6. The predicted molar refractivity (Wildman–Crippen MR) is 277 cm³/mol. The van der Waals surface area contributed by atoms with E-state index in [-0.39, 0.29) is 5.41 Å². The van der Waals surface area contributed by atoms with Gasteiger partial charge in [0, 0.05) is 39.5 Å². The van der Waals surface area contributed by atoms with Crippen LogP contribution >= 0.6 is 0 Å². The number of anilines is 5. The van der Waals surface area contributed by atoms with Crippen molar-refractivity contribution in [2.45, 2.75) is 39.5 Å². The smallest absolute Gasteiger partial charge is 0.0465 e. The molecule has 0 amide bonds. The van der Waals surface area contributed by atoms with Crippen molar-refractivity contribution in [1.29, 1.82) is 0 Å². The van der Waals surface area contributed by atoms with Crippen LogP contribution in [0.5, 0.6) is 0 Å². The van der Waals surface area contributed by atoms with Gasteiger partial charge in [0.15, 0.2) is 0 Å². The Balaban J connectivity index is 0.930. The molecule has 1 unspecified atom stereocenters. The fourth-order valence-electron chi connectivity index (χ4n) is 10.00. The molecule has 0 saturated carbocycles. The van der Waals surface area contributed by atoms with E-state index < -0.39 is 0 Å². The molecule has 0 aliphatic heterocycles. The Morgan fingerprint density at radius 2 is 0.908 bits per heavy atom. The van der Waals surface area contributed by atoms with Gasteiger partial charge < -0.3 is 9.80 Å². The average Bonchev–Trinajstić information content (AvgIpc) is 3.57. The lowest BCUT2D eigenvalue weighted by molar-refractivity contribution is 0.660. The minimum atomic E-state index is -0.234. The molecule has 0 fully saturated rings. The Morgan fingerprint density at radius 1 is 0.415 bits per heavy atom. The van der Waals surface area contributed by atoms with E-state index in [1.54, 1.807) is 0 Å². The van der Waals surface area contributed by atoms with Crippen LogP contribution < -0.4 is 9.80 Å². The summed E-state index contributed by atoms with van der Waals surface area (Å²) in [7, 11) is 0. The maximum absolute atomic E-state index is 2.45. The monoisotopic (exact) mass is 836 g/mol. The summed E-state index contributed by atoms with van der Waals surface area (Å²) >= 11 is 0. The normalized spacial score (nSPS) is 14.7. The molecular formula is C63H52N2. The van der Waals surface area contributed by atoms with Crippen molar-refractivity contribution >= 4 is 39.2 Å². The largest absolute Gasteiger partial charge is 0.311 e. The lowest BCUT2D eigenvalue weighted by Gasteiger charge is -2.30. The van der Waals surface area contributed by atoms with Crippen LogP contribution in [0.3, 0.4) is 0 Å². The highest BCUT2D eigenvalue weighted by Crippen LogP contribution is 2.52. The Bertz CT molecular complexity index is 3260. The zero-order chi connectivity index (χ0) is 44.1. The standard InChI is InChI=1S/C63H52N2/c1-43-17-29-53(30-18-43)64(54-31-25-49(26-32-54)48-21-19-47(20-22-48)45-12-6-5-7-13-45)57-35-37-59-60-38-36-58(42-62(60)63(3,4)61(59)41-57)65(56-16-10-11-44(2)39-56)55-33-27-50(28-34-55)52-24-23-46-14-8-9-15-51(46)40-52/h5-17,19-43H,18H2,1-4H3. The summed E-state index contributed by atoms with van der Waals surface area (Å²) in [6.45, 7) is 9.25. The lowest BCUT2D eigenvalue weighted by atomic mass is 9.82. The van der Waals surface area contributed by atoms with Crippen LogP contribution in [0.4, 0.5) is 28.4 Å². The van der Waals surface area contributed by atoms with Crippen LogP contribution in [0.15, 0.2) is 230 Å². The molecule has 0 aromatic heterocycles. The molecular weight excluding hydrogens is 785 g/mol. The van der Waals surface area contributed by atoms with Gasteiger partial charge >= 0.3 is 0 Å². The molecule has 65 heavy (non-hydrogen) atoms. The molecule has 0 saturated heterocycles. The summed E-state index contributed by atoms with van der Waals surface area (Å²) in [6, 6.07) is 76.0. The Hall–Kier alpha value is -7.68. The number of hydrogen-bond donors (Lipinski definition) is 0. The van der Waals surface area contributed by atoms with E-state index in [4.69, 9.17) is 0 Å². The molecule has 2 heteroatoms. The van der Waals surface area contributed by atoms with Crippen molar-refractivity contribution in [3.63, 3.8) is 0 Å². The molecule has 1 atom stereocenters. The SMILES string of the molecule is Cc1cccc(N(c2ccc(-c3ccc4ccccc4c3)cc2)c2ccc3c(c2)C(C)(C)c2cc(N(C4=CCC(C)C=C4)c4ccc(-c5ccc(-c6ccccc6)cc5)cc4)ccc2-3)c1. The predicted octanol–water partition coefficient (Wildman–Crippen LogP) is 17.5. The number of allylic oxidation sites excluding steroid dienone is 3. The minimum Gasteiger partial charge on any atom is -0.311 e. The van der Waals surface area contributed by atoms with E-state index >= 15 is 0 Å². The number of fused-ring (bicyclic) bond motifs is 4. The molecule has 2 nitrogen and oxygen atoms in total. The van der Waals surface area contributed by atoms with E-state index in [9.17, 15) is 0 Å². The summed E-state index contributed by atoms with van der Waals surface area (Å²) in [5, 5.41) is 2.51. The van der Waals surface area contributed by atoms with Crippen LogP contribution in [0.25, 0.3) is 55.3 Å². The second-order valence-corrected chi connectivity index (χ2v) is 18.4. The number of nitrogens with zero attached hydrogens (tertiary/aromatic N) is 2. The molecule has 9 aromatic carbocycles. The second-order valence-electron chi connectivity index (χ2n) is 18.4. The van der Waals surface area contributed by atoms with Crippen LogP contribution in [0.1, 0.15) is 43.9 Å². The molecule has 2 aliphatic carbocycles. The Labute approximate surface area is 384 Å². The van der Waals surface area contributed by atoms with Crippen molar-refractivity contribution in [2.24, 2.45) is 5.92 Å². The topological polar surface area (TPSA) is 6.48 Å². The molecule has 2 aliphatic rings. The molecule has 0 N–H and O–H groups in total. The molecule has 314 valence electrons. The maximum Gasteiger partial charge on any atom is 0.0465 e. The fourth-order valence-corrected chi connectivity index (χ4v) is 10.00. The van der Waals surface area contributed by atoms with Crippen molar-refractivity contribution in [1.82, 2.24) is 0 Å². The zero-order valence-electron chi connectivity index (χ0n) is 37.5. The number of hydrogen-bond acceptors (Lipinski definition) is 2. The quantitative estimate of drug-likeness (QED) is 0.143. The van der Waals surface area contributed by atoms with Gasteiger partial charge in [0.2, 0.25) is 0 Å². The van der Waals surface area contributed by atoms with Crippen LogP contribution in [-0.4, -0.2) is 0 Å². The van der Waals surface area contributed by atoms with Gasteiger partial charge in [-0.15, -0.1) is 0 Å². The fraction of sp³-hybridized carbons (Fsp3) is 0.111. The number of aryl methyl sites for hydroxylation is 1. The van der Waals surface area contributed by atoms with Crippen molar-refractivity contribution < 1.29 is 0 Å². The van der Waals surface area contributed by atoms with Crippen LogP contribution in [0.2, 0.25) is 0 Å². The van der Waals surface area contributed by atoms with Crippen molar-refractivity contribution in [3.8, 4) is 44.5 Å². The van der Waals surface area contributed by atoms with Gasteiger partial charge in [-0.3, -0.25) is 0 Å². The third kappa shape index (κ3) is 7.55. The van der Waals surface area contributed by atoms with Gasteiger partial charge in [-0.25, -0.2) is 0 Å². The highest BCUT2D eigenvalue weighted by Gasteiger charge is 2.37. The summed E-state index contributed by atoms with van der Waals surface area (Å²) in [6.07, 6.45) is 8.06. The van der Waals surface area contributed by atoms with Gasteiger partial charge in [0.25, 0.3) is 0 Å². The van der Waals surface area contributed by atoms with Gasteiger partial charge in [-0.1, -0.05) is 172 Å². The third-order valence-corrected chi connectivity index (χ3v) is 13.6. The van der Waals surface area contributed by atoms with Gasteiger partial charge in [-0.2, -0.15) is 0 Å². The highest BCUT2D eigenvalue weighted by molar-refractivity contribution is 5.90. The van der Waals surface area contributed by atoms with E-state index in [1.807, 2.05) is 0 Å². The Morgan fingerprint density at radius 3 is 1.51 bits per heavy atom. The molecule has 9 aromatic rings. The molecule has 0 heterocycles. The van der Waals surface area contributed by atoms with E-state index in [2.05, 4.69) is 262 Å². The summed E-state index contributed by atoms with van der Waals surface area (Å²) < 4.78 is 0. The molecule has 0 spiro atoms. The van der Waals surface area contributed by atoms with E-state index in [0.29, 0.717) is 5.92 Å². The summed E-state index contributed by atoms with van der Waals surface area (Å²) in [5.74, 6) is 0.520. The van der Waals surface area contributed by atoms with Gasteiger partial charge in [0.05, 0.1) is 0 Å². The van der Waals surface area contributed by atoms with Crippen molar-refractivity contribution in [2.75, 3.05) is 9.80 Å². The summed E-state index contributed by atoms with van der Waals surface area (Å²) in [4.78, 5) is 4.85. The zero-order valence-corrected chi connectivity index (χ0v) is 37.5. The van der Waals surface area contributed by atoms with Crippen molar-refractivity contribution in [3.05, 3.63) is 247 Å². The second kappa shape index (κ2) is 16.5. The van der Waals surface area contributed by atoms with Crippen LogP contribution in [0, 0.1) is 12.8 Å². The molecule has 0 bridgehead atoms.